The zero-order valence-electron chi connectivity index (χ0n) is 14.9. The Kier molecular flexibility index (Phi) is 4.10. The largest absolute Gasteiger partial charge is 0.366 e. The normalized spacial score (nSPS) is 34.3. The zero-order chi connectivity index (χ0) is 18.6. The summed E-state index contributed by atoms with van der Waals surface area (Å²) in [5.74, 6) is 0. The molecule has 0 amide bonds. The van der Waals surface area contributed by atoms with Crippen LogP contribution in [0.2, 0.25) is 0 Å². The lowest BCUT2D eigenvalue weighted by molar-refractivity contribution is -0.167. The first-order chi connectivity index (χ1) is 13.1. The molecule has 2 aromatic carbocycles. The molecule has 7 heteroatoms. The molecule has 0 spiro atoms. The van der Waals surface area contributed by atoms with Crippen LogP contribution in [-0.2, 0) is 30.8 Å². The second kappa shape index (κ2) is 6.39. The lowest BCUT2D eigenvalue weighted by atomic mass is 10.1. The van der Waals surface area contributed by atoms with Crippen molar-refractivity contribution in [3.05, 3.63) is 65.7 Å². The van der Waals surface area contributed by atoms with Gasteiger partial charge in [0.1, 0.15) is 12.2 Å². The van der Waals surface area contributed by atoms with Crippen molar-refractivity contribution in [3.63, 3.8) is 0 Å². The van der Waals surface area contributed by atoms with Gasteiger partial charge in [0, 0.05) is 0 Å². The van der Waals surface area contributed by atoms with Crippen molar-refractivity contribution in [1.29, 1.82) is 0 Å². The second-order valence-electron chi connectivity index (χ2n) is 7.27. The van der Waals surface area contributed by atoms with E-state index in [1.54, 1.807) is 16.4 Å². The lowest BCUT2D eigenvalue weighted by Gasteiger charge is -2.25. The van der Waals surface area contributed by atoms with Gasteiger partial charge in [-0.3, -0.25) is 0 Å². The highest BCUT2D eigenvalue weighted by Gasteiger charge is 2.69. The molecule has 5 rings (SSSR count). The highest BCUT2D eigenvalue weighted by atomic mass is 32.2. The minimum atomic E-state index is -3.59. The molecule has 27 heavy (non-hydrogen) atoms. The second-order valence-corrected chi connectivity index (χ2v) is 9.11. The summed E-state index contributed by atoms with van der Waals surface area (Å²) in [4.78, 5) is 0.307. The molecule has 0 radical (unpaired) electrons. The number of sulfonamides is 1. The van der Waals surface area contributed by atoms with Gasteiger partial charge in [0.05, 0.1) is 30.2 Å². The van der Waals surface area contributed by atoms with Gasteiger partial charge in [0.15, 0.2) is 6.29 Å². The van der Waals surface area contributed by atoms with E-state index < -0.39 is 22.4 Å². The third-order valence-corrected chi connectivity index (χ3v) is 7.36. The van der Waals surface area contributed by atoms with Crippen molar-refractivity contribution in [1.82, 2.24) is 4.31 Å². The van der Waals surface area contributed by atoms with Gasteiger partial charge in [-0.2, -0.15) is 4.31 Å². The average Bonchev–Trinajstić information content (AvgIpc) is 3.30. The highest BCUT2D eigenvalue weighted by molar-refractivity contribution is 7.89. The van der Waals surface area contributed by atoms with Crippen LogP contribution >= 0.6 is 0 Å². The Labute approximate surface area is 158 Å². The number of ether oxygens (including phenoxy) is 3. The van der Waals surface area contributed by atoms with Gasteiger partial charge in [-0.25, -0.2) is 8.42 Å². The number of benzene rings is 2. The summed E-state index contributed by atoms with van der Waals surface area (Å²) >= 11 is 0. The SMILES string of the molecule is Cc1ccc(S(=O)(=O)N2[C@@H]3[C@@H](OCc4ccccc4)[C@@H]4OC[C@@H](O4)[C@@H]32)cc1. The summed E-state index contributed by atoms with van der Waals surface area (Å²) < 4.78 is 45.5. The minimum absolute atomic E-state index is 0.225. The number of nitrogens with zero attached hydrogens (tertiary/aromatic N) is 1. The van der Waals surface area contributed by atoms with Crippen LogP contribution in [0.5, 0.6) is 0 Å². The Balaban J connectivity index is 1.39. The molecule has 3 saturated heterocycles. The zero-order valence-corrected chi connectivity index (χ0v) is 15.7. The van der Waals surface area contributed by atoms with E-state index in [0.717, 1.165) is 11.1 Å². The van der Waals surface area contributed by atoms with E-state index in [1.807, 2.05) is 49.4 Å². The summed E-state index contributed by atoms with van der Waals surface area (Å²) in [6, 6.07) is 16.3. The number of rotatable bonds is 5. The third kappa shape index (κ3) is 2.90. The van der Waals surface area contributed by atoms with Gasteiger partial charge in [-0.1, -0.05) is 48.0 Å². The maximum Gasteiger partial charge on any atom is 0.243 e. The lowest BCUT2D eigenvalue weighted by Crippen LogP contribution is -2.41. The molecule has 3 heterocycles. The van der Waals surface area contributed by atoms with Crippen LogP contribution in [0, 0.1) is 6.92 Å². The van der Waals surface area contributed by atoms with Gasteiger partial charge in [-0.15, -0.1) is 0 Å². The molecule has 0 N–H and O–H groups in total. The number of aryl methyl sites for hydroxylation is 1. The highest BCUT2D eigenvalue weighted by Crippen LogP contribution is 2.49. The molecule has 3 aliphatic heterocycles. The standard InChI is InChI=1S/C20H21NO5S/c1-13-7-9-15(10-8-13)27(22,23)21-17-16-12-25-20(26-16)19(18(17)21)24-11-14-5-3-2-4-6-14/h2-10,16-20H,11-12H2,1H3/t16-,17+,18+,19-,20-,21?/m1/s1. The molecular weight excluding hydrogens is 366 g/mol. The van der Waals surface area contributed by atoms with Crippen molar-refractivity contribution in [2.45, 2.75) is 49.0 Å². The molecule has 6 atom stereocenters. The summed E-state index contributed by atoms with van der Waals surface area (Å²) in [7, 11) is -3.59. The van der Waals surface area contributed by atoms with E-state index >= 15 is 0 Å². The Morgan fingerprint density at radius 2 is 1.81 bits per heavy atom. The van der Waals surface area contributed by atoms with Gasteiger partial charge < -0.3 is 14.2 Å². The van der Waals surface area contributed by atoms with Crippen molar-refractivity contribution in [3.8, 4) is 0 Å². The van der Waals surface area contributed by atoms with Crippen LogP contribution in [-0.4, -0.2) is 49.9 Å². The Hall–Kier alpha value is -1.77. The first-order valence-electron chi connectivity index (χ1n) is 9.08. The van der Waals surface area contributed by atoms with E-state index in [-0.39, 0.29) is 18.2 Å². The quantitative estimate of drug-likeness (QED) is 0.735. The van der Waals surface area contributed by atoms with E-state index in [9.17, 15) is 8.42 Å². The molecule has 3 aliphatic rings. The maximum absolute atomic E-state index is 13.1. The van der Waals surface area contributed by atoms with Crippen molar-refractivity contribution in [2.24, 2.45) is 0 Å². The first-order valence-corrected chi connectivity index (χ1v) is 10.5. The predicted molar refractivity (Wildman–Crippen MR) is 97.4 cm³/mol. The molecule has 1 unspecified atom stereocenters. The first kappa shape index (κ1) is 17.3. The molecular formula is C20H21NO5S. The predicted octanol–water partition coefficient (Wildman–Crippen LogP) is 2.08. The number of hydrogen-bond donors (Lipinski definition) is 0. The van der Waals surface area contributed by atoms with E-state index in [2.05, 4.69) is 0 Å². The summed E-state index contributed by atoms with van der Waals surface area (Å²) in [5, 5.41) is 0. The molecule has 6 nitrogen and oxygen atoms in total. The summed E-state index contributed by atoms with van der Waals surface area (Å²) in [6.45, 7) is 2.73. The van der Waals surface area contributed by atoms with Crippen molar-refractivity contribution >= 4 is 10.0 Å². The van der Waals surface area contributed by atoms with E-state index in [1.165, 1.54) is 0 Å². The van der Waals surface area contributed by atoms with Gasteiger partial charge in [0.2, 0.25) is 10.0 Å². The van der Waals surface area contributed by atoms with Crippen molar-refractivity contribution < 1.29 is 22.6 Å². The van der Waals surface area contributed by atoms with Gasteiger partial charge >= 0.3 is 0 Å². The molecule has 142 valence electrons. The molecule has 3 fully saturated rings. The summed E-state index contributed by atoms with van der Waals surface area (Å²) in [5.41, 5.74) is 2.06. The fourth-order valence-corrected chi connectivity index (χ4v) is 5.83. The molecule has 0 aliphatic carbocycles. The van der Waals surface area contributed by atoms with Crippen LogP contribution in [0.25, 0.3) is 0 Å². The smallest absolute Gasteiger partial charge is 0.243 e. The van der Waals surface area contributed by atoms with Gasteiger partial charge in [-0.05, 0) is 24.6 Å². The van der Waals surface area contributed by atoms with E-state index in [0.29, 0.717) is 18.1 Å². The molecule has 0 saturated carbocycles. The molecule has 2 bridgehead atoms. The van der Waals surface area contributed by atoms with Crippen LogP contribution in [0.1, 0.15) is 11.1 Å². The van der Waals surface area contributed by atoms with Crippen LogP contribution in [0.3, 0.4) is 0 Å². The Morgan fingerprint density at radius 1 is 1.07 bits per heavy atom. The Bertz CT molecular complexity index is 931. The monoisotopic (exact) mass is 387 g/mol. The maximum atomic E-state index is 13.1. The summed E-state index contributed by atoms with van der Waals surface area (Å²) in [6.07, 6.45) is -1.18. The van der Waals surface area contributed by atoms with Crippen LogP contribution < -0.4 is 0 Å². The molecule has 0 aromatic heterocycles. The average molecular weight is 387 g/mol. The fraction of sp³-hybridized carbons (Fsp3) is 0.400. The van der Waals surface area contributed by atoms with Gasteiger partial charge in [0.25, 0.3) is 0 Å². The van der Waals surface area contributed by atoms with E-state index in [4.69, 9.17) is 14.2 Å². The third-order valence-electron chi connectivity index (χ3n) is 5.45. The fourth-order valence-electron chi connectivity index (χ4n) is 4.02. The topological polar surface area (TPSA) is 64.8 Å². The van der Waals surface area contributed by atoms with Crippen LogP contribution in [0.15, 0.2) is 59.5 Å². The number of hydrogen-bond acceptors (Lipinski definition) is 5. The number of fused-ring (bicyclic) bond motifs is 4. The Morgan fingerprint density at radius 3 is 2.56 bits per heavy atom. The minimum Gasteiger partial charge on any atom is -0.366 e. The molecule has 2 aromatic rings. The van der Waals surface area contributed by atoms with Crippen LogP contribution in [0.4, 0.5) is 0 Å². The van der Waals surface area contributed by atoms with Crippen molar-refractivity contribution in [2.75, 3.05) is 6.61 Å².